The SMILES string of the molecule is COC(=O)c1ccc(NC(=O)c2cnc(NCc3ccc(Cl)cc3)nc2)cc1. The predicted molar refractivity (Wildman–Crippen MR) is 107 cm³/mol. The zero-order valence-electron chi connectivity index (χ0n) is 15.0. The third kappa shape index (κ3) is 5.05. The normalized spacial score (nSPS) is 10.2. The van der Waals surface area contributed by atoms with Gasteiger partial charge in [-0.25, -0.2) is 14.8 Å². The topological polar surface area (TPSA) is 93.2 Å². The van der Waals surface area contributed by atoms with Crippen LogP contribution in [0.3, 0.4) is 0 Å². The second-order valence-corrected chi connectivity index (χ2v) is 6.23. The van der Waals surface area contributed by atoms with E-state index in [0.29, 0.717) is 34.3 Å². The first-order valence-corrected chi connectivity index (χ1v) is 8.73. The number of benzene rings is 2. The molecule has 0 atom stereocenters. The molecule has 0 aliphatic carbocycles. The molecule has 0 aliphatic heterocycles. The zero-order valence-corrected chi connectivity index (χ0v) is 15.7. The lowest BCUT2D eigenvalue weighted by Gasteiger charge is -2.07. The van der Waals surface area contributed by atoms with E-state index in [4.69, 9.17) is 11.6 Å². The van der Waals surface area contributed by atoms with Crippen LogP contribution in [0.2, 0.25) is 5.02 Å². The van der Waals surface area contributed by atoms with Crippen LogP contribution in [0.4, 0.5) is 11.6 Å². The summed E-state index contributed by atoms with van der Waals surface area (Å²) >= 11 is 5.86. The van der Waals surface area contributed by atoms with E-state index < -0.39 is 5.97 Å². The van der Waals surface area contributed by atoms with E-state index in [-0.39, 0.29) is 5.91 Å². The molecule has 1 amide bonds. The van der Waals surface area contributed by atoms with Crippen molar-refractivity contribution in [1.29, 1.82) is 0 Å². The fourth-order valence-electron chi connectivity index (χ4n) is 2.33. The molecule has 8 heteroatoms. The molecular formula is C20H17ClN4O3. The second kappa shape index (κ2) is 8.96. The number of hydrogen-bond acceptors (Lipinski definition) is 6. The van der Waals surface area contributed by atoms with Crippen molar-refractivity contribution >= 4 is 35.1 Å². The van der Waals surface area contributed by atoms with Crippen molar-refractivity contribution in [2.45, 2.75) is 6.54 Å². The van der Waals surface area contributed by atoms with Crippen molar-refractivity contribution in [3.05, 3.63) is 82.6 Å². The van der Waals surface area contributed by atoms with E-state index >= 15 is 0 Å². The van der Waals surface area contributed by atoms with Crippen LogP contribution in [-0.2, 0) is 11.3 Å². The summed E-state index contributed by atoms with van der Waals surface area (Å²) in [6.45, 7) is 0.537. The van der Waals surface area contributed by atoms with Gasteiger partial charge < -0.3 is 15.4 Å². The molecule has 1 heterocycles. The molecule has 3 aromatic rings. The van der Waals surface area contributed by atoms with Crippen molar-refractivity contribution < 1.29 is 14.3 Å². The summed E-state index contributed by atoms with van der Waals surface area (Å²) in [6, 6.07) is 13.8. The van der Waals surface area contributed by atoms with Crippen LogP contribution in [0.15, 0.2) is 60.9 Å². The average molecular weight is 397 g/mol. The Morgan fingerprint density at radius 1 is 0.964 bits per heavy atom. The minimum Gasteiger partial charge on any atom is -0.465 e. The minimum absolute atomic E-state index is 0.314. The van der Waals surface area contributed by atoms with Crippen molar-refractivity contribution in [1.82, 2.24) is 9.97 Å². The highest BCUT2D eigenvalue weighted by Crippen LogP contribution is 2.13. The van der Waals surface area contributed by atoms with Crippen LogP contribution >= 0.6 is 11.6 Å². The number of carbonyl (C=O) groups excluding carboxylic acids is 2. The van der Waals surface area contributed by atoms with Gasteiger partial charge in [-0.2, -0.15) is 0 Å². The highest BCUT2D eigenvalue weighted by molar-refractivity contribution is 6.30. The molecule has 0 radical (unpaired) electrons. The molecule has 7 nitrogen and oxygen atoms in total. The first-order chi connectivity index (χ1) is 13.5. The first kappa shape index (κ1) is 19.3. The summed E-state index contributed by atoms with van der Waals surface area (Å²) in [7, 11) is 1.31. The number of nitrogens with one attached hydrogen (secondary N) is 2. The van der Waals surface area contributed by atoms with E-state index in [1.165, 1.54) is 19.5 Å². The Morgan fingerprint density at radius 2 is 1.61 bits per heavy atom. The number of aromatic nitrogens is 2. The van der Waals surface area contributed by atoms with Gasteiger partial charge in [-0.3, -0.25) is 4.79 Å². The van der Waals surface area contributed by atoms with Crippen LogP contribution in [0.25, 0.3) is 0 Å². The Bertz CT molecular complexity index is 958. The molecule has 3 rings (SSSR count). The first-order valence-electron chi connectivity index (χ1n) is 8.35. The summed E-state index contributed by atoms with van der Waals surface area (Å²) in [5.41, 5.74) is 2.29. The van der Waals surface area contributed by atoms with Gasteiger partial charge in [0.2, 0.25) is 5.95 Å². The maximum Gasteiger partial charge on any atom is 0.337 e. The number of hydrogen-bond donors (Lipinski definition) is 2. The van der Waals surface area contributed by atoms with Crippen LogP contribution in [-0.4, -0.2) is 29.0 Å². The van der Waals surface area contributed by atoms with E-state index in [1.54, 1.807) is 24.3 Å². The Hall–Kier alpha value is -3.45. The van der Waals surface area contributed by atoms with E-state index in [9.17, 15) is 9.59 Å². The van der Waals surface area contributed by atoms with Gasteiger partial charge >= 0.3 is 5.97 Å². The largest absolute Gasteiger partial charge is 0.465 e. The molecule has 0 bridgehead atoms. The lowest BCUT2D eigenvalue weighted by molar-refractivity contribution is 0.0600. The molecule has 0 spiro atoms. The number of anilines is 2. The monoisotopic (exact) mass is 396 g/mol. The second-order valence-electron chi connectivity index (χ2n) is 5.80. The minimum atomic E-state index is -0.437. The standard InChI is InChI=1S/C20H17ClN4O3/c1-28-19(27)14-4-8-17(9-5-14)25-18(26)15-11-23-20(24-12-15)22-10-13-2-6-16(21)7-3-13/h2-9,11-12H,10H2,1H3,(H,25,26)(H,22,23,24). The third-order valence-electron chi connectivity index (χ3n) is 3.84. The molecule has 28 heavy (non-hydrogen) atoms. The van der Waals surface area contributed by atoms with Gasteiger partial charge in [0, 0.05) is 29.6 Å². The molecular weight excluding hydrogens is 380 g/mol. The molecule has 0 aliphatic rings. The molecule has 0 saturated carbocycles. The fourth-order valence-corrected chi connectivity index (χ4v) is 2.46. The molecule has 0 unspecified atom stereocenters. The number of amides is 1. The van der Waals surface area contributed by atoms with Gasteiger partial charge in [0.25, 0.3) is 5.91 Å². The van der Waals surface area contributed by atoms with Crippen molar-refractivity contribution in [2.24, 2.45) is 0 Å². The Kier molecular flexibility index (Phi) is 6.18. The summed E-state index contributed by atoms with van der Waals surface area (Å²) in [6.07, 6.45) is 2.88. The fraction of sp³-hybridized carbons (Fsp3) is 0.100. The highest BCUT2D eigenvalue weighted by Gasteiger charge is 2.09. The Balaban J connectivity index is 1.57. The number of nitrogens with zero attached hydrogens (tertiary/aromatic N) is 2. The van der Waals surface area contributed by atoms with Gasteiger partial charge in [-0.15, -0.1) is 0 Å². The van der Waals surface area contributed by atoms with Crippen LogP contribution in [0.1, 0.15) is 26.3 Å². The smallest absolute Gasteiger partial charge is 0.337 e. The van der Waals surface area contributed by atoms with E-state index in [2.05, 4.69) is 25.3 Å². The molecule has 142 valence electrons. The highest BCUT2D eigenvalue weighted by atomic mass is 35.5. The maximum absolute atomic E-state index is 12.3. The van der Waals surface area contributed by atoms with E-state index in [1.807, 2.05) is 24.3 Å². The van der Waals surface area contributed by atoms with Gasteiger partial charge in [-0.05, 0) is 42.0 Å². The Labute approximate surface area is 166 Å². The summed E-state index contributed by atoms with van der Waals surface area (Å²) in [5, 5.41) is 6.47. The molecule has 0 fully saturated rings. The van der Waals surface area contributed by atoms with Gasteiger partial charge in [0.05, 0.1) is 18.2 Å². The number of ether oxygens (including phenoxy) is 1. The van der Waals surface area contributed by atoms with Crippen molar-refractivity contribution in [3.63, 3.8) is 0 Å². The number of rotatable bonds is 6. The molecule has 2 N–H and O–H groups in total. The van der Waals surface area contributed by atoms with Crippen molar-refractivity contribution in [2.75, 3.05) is 17.7 Å². The van der Waals surface area contributed by atoms with Gasteiger partial charge in [0.1, 0.15) is 0 Å². The van der Waals surface area contributed by atoms with Gasteiger partial charge in [0.15, 0.2) is 0 Å². The molecule has 0 saturated heterocycles. The summed E-state index contributed by atoms with van der Waals surface area (Å²) in [4.78, 5) is 32.0. The van der Waals surface area contributed by atoms with E-state index in [0.717, 1.165) is 5.56 Å². The predicted octanol–water partition coefficient (Wildman–Crippen LogP) is 3.78. The lowest BCUT2D eigenvalue weighted by Crippen LogP contribution is -2.13. The quantitative estimate of drug-likeness (QED) is 0.616. The Morgan fingerprint density at radius 3 is 2.21 bits per heavy atom. The number of halogens is 1. The van der Waals surface area contributed by atoms with Crippen LogP contribution in [0.5, 0.6) is 0 Å². The number of esters is 1. The van der Waals surface area contributed by atoms with Crippen molar-refractivity contribution in [3.8, 4) is 0 Å². The summed E-state index contributed by atoms with van der Waals surface area (Å²) in [5.74, 6) is -0.378. The zero-order chi connectivity index (χ0) is 19.9. The molecule has 2 aromatic carbocycles. The lowest BCUT2D eigenvalue weighted by atomic mass is 10.2. The average Bonchev–Trinajstić information content (AvgIpc) is 2.73. The summed E-state index contributed by atoms with van der Waals surface area (Å²) < 4.78 is 4.64. The van der Waals surface area contributed by atoms with Crippen LogP contribution < -0.4 is 10.6 Å². The number of methoxy groups -OCH3 is 1. The number of carbonyl (C=O) groups is 2. The molecule has 1 aromatic heterocycles. The maximum atomic E-state index is 12.3. The van der Waals surface area contributed by atoms with Gasteiger partial charge in [-0.1, -0.05) is 23.7 Å². The third-order valence-corrected chi connectivity index (χ3v) is 4.09. The van der Waals surface area contributed by atoms with Crippen LogP contribution in [0, 0.1) is 0 Å².